The highest BCUT2D eigenvalue weighted by Crippen LogP contribution is 2.65. The van der Waals surface area contributed by atoms with Crippen molar-refractivity contribution in [3.05, 3.63) is 59.7 Å². The Hall–Kier alpha value is -2.29. The predicted molar refractivity (Wildman–Crippen MR) is 145 cm³/mol. The van der Waals surface area contributed by atoms with E-state index in [-0.39, 0.29) is 17.0 Å². The Labute approximate surface area is 218 Å². The van der Waals surface area contributed by atoms with Gasteiger partial charge in [0.05, 0.1) is 5.41 Å². The number of carbonyl (C=O) groups is 1. The second kappa shape index (κ2) is 9.23. The molecule has 0 radical (unpaired) electrons. The summed E-state index contributed by atoms with van der Waals surface area (Å²) in [5.74, 6) is 4.56. The first-order chi connectivity index (χ1) is 17.1. The summed E-state index contributed by atoms with van der Waals surface area (Å²) in [5, 5.41) is 0. The molecule has 4 bridgehead atoms. The molecule has 6 rings (SSSR count). The summed E-state index contributed by atoms with van der Waals surface area (Å²) in [6, 6.07) is 17.6. The molecule has 4 saturated carbocycles. The lowest BCUT2D eigenvalue weighted by Gasteiger charge is -2.62. The predicted octanol–water partition coefficient (Wildman–Crippen LogP) is 8.34. The minimum absolute atomic E-state index is 0.0253. The van der Waals surface area contributed by atoms with Crippen LogP contribution in [-0.4, -0.2) is 11.6 Å². The molecule has 4 aliphatic carbocycles. The van der Waals surface area contributed by atoms with Crippen molar-refractivity contribution in [2.75, 3.05) is 0 Å². The molecule has 0 N–H and O–H groups in total. The van der Waals surface area contributed by atoms with E-state index in [0.29, 0.717) is 17.6 Å². The van der Waals surface area contributed by atoms with E-state index in [2.05, 4.69) is 57.2 Å². The zero-order valence-corrected chi connectivity index (χ0v) is 23.1. The van der Waals surface area contributed by atoms with Crippen molar-refractivity contribution in [1.29, 1.82) is 0 Å². The van der Waals surface area contributed by atoms with Crippen LogP contribution in [0, 0.1) is 29.1 Å². The minimum Gasteiger partial charge on any atom is -0.488 e. The zero-order chi connectivity index (χ0) is 25.7. The molecule has 2 aromatic rings. The van der Waals surface area contributed by atoms with Gasteiger partial charge in [-0.3, -0.25) is 4.79 Å². The maximum atomic E-state index is 12.7. The molecule has 0 atom stereocenters. The van der Waals surface area contributed by atoms with Crippen molar-refractivity contribution in [2.24, 2.45) is 29.1 Å². The fourth-order valence-corrected chi connectivity index (χ4v) is 7.42. The van der Waals surface area contributed by atoms with Crippen LogP contribution in [-0.2, 0) is 10.2 Å². The lowest BCUT2D eigenvalue weighted by Crippen LogP contribution is -2.56. The average molecular weight is 489 g/mol. The van der Waals surface area contributed by atoms with Crippen molar-refractivity contribution >= 4 is 5.97 Å². The fourth-order valence-electron chi connectivity index (χ4n) is 7.42. The Morgan fingerprint density at radius 1 is 0.750 bits per heavy atom. The maximum absolute atomic E-state index is 12.7. The van der Waals surface area contributed by atoms with Gasteiger partial charge in [0.1, 0.15) is 17.1 Å². The summed E-state index contributed by atoms with van der Waals surface area (Å²) in [4.78, 5) is 12.7. The summed E-state index contributed by atoms with van der Waals surface area (Å²) in [6.45, 7) is 12.4. The van der Waals surface area contributed by atoms with Crippen LogP contribution in [0.3, 0.4) is 0 Å². The standard InChI is InChI=1S/C33H44O3/c1-7-31(3,4)30(34)35-28-13-9-24(10-14-28)33(26-18-22-17-23(20-26)21-27(33)19-22)25-11-15-29(16-12-25)36-32(5,6)8-2/h9-16,22-23,26-27H,7-8,17-21H2,1-6H3. The van der Waals surface area contributed by atoms with Crippen LogP contribution in [0.2, 0.25) is 0 Å². The van der Waals surface area contributed by atoms with Crippen molar-refractivity contribution < 1.29 is 14.3 Å². The van der Waals surface area contributed by atoms with E-state index < -0.39 is 5.41 Å². The van der Waals surface area contributed by atoms with Gasteiger partial charge < -0.3 is 9.47 Å². The molecule has 194 valence electrons. The molecule has 0 heterocycles. The van der Waals surface area contributed by atoms with Crippen molar-refractivity contribution in [2.45, 2.75) is 97.5 Å². The number of esters is 1. The van der Waals surface area contributed by atoms with Gasteiger partial charge in [-0.25, -0.2) is 0 Å². The van der Waals surface area contributed by atoms with E-state index in [1.165, 1.54) is 43.2 Å². The second-order valence-electron chi connectivity index (χ2n) is 13.1. The van der Waals surface area contributed by atoms with Crippen LogP contribution in [0.5, 0.6) is 11.5 Å². The SMILES string of the molecule is CCC(C)(C)Oc1ccc(C2(c3ccc(OC(=O)C(C)(C)CC)cc3)C3CC4CC(C3)CC2C4)cc1. The molecule has 2 aromatic carbocycles. The molecule has 0 unspecified atom stereocenters. The molecule has 3 heteroatoms. The third-order valence-electron chi connectivity index (χ3n) is 9.98. The number of benzene rings is 2. The first kappa shape index (κ1) is 25.4. The first-order valence-corrected chi connectivity index (χ1v) is 14.2. The molecule has 0 saturated heterocycles. The summed E-state index contributed by atoms with van der Waals surface area (Å²) >= 11 is 0. The minimum atomic E-state index is -0.475. The maximum Gasteiger partial charge on any atom is 0.316 e. The van der Waals surface area contributed by atoms with E-state index >= 15 is 0 Å². The quantitative estimate of drug-likeness (QED) is 0.277. The Balaban J connectivity index is 1.50. The Morgan fingerprint density at radius 3 is 1.67 bits per heavy atom. The largest absolute Gasteiger partial charge is 0.488 e. The van der Waals surface area contributed by atoms with Gasteiger partial charge in [-0.15, -0.1) is 0 Å². The number of carbonyl (C=O) groups excluding carboxylic acids is 1. The number of hydrogen-bond donors (Lipinski definition) is 0. The van der Waals surface area contributed by atoms with Crippen LogP contribution < -0.4 is 9.47 Å². The third-order valence-corrected chi connectivity index (χ3v) is 9.98. The van der Waals surface area contributed by atoms with E-state index in [4.69, 9.17) is 9.47 Å². The molecular formula is C33H44O3. The van der Waals surface area contributed by atoms with Crippen LogP contribution in [0.25, 0.3) is 0 Å². The molecule has 36 heavy (non-hydrogen) atoms. The zero-order valence-electron chi connectivity index (χ0n) is 23.1. The molecule has 0 aromatic heterocycles. The summed E-state index contributed by atoms with van der Waals surface area (Å²) in [7, 11) is 0. The molecule has 0 spiro atoms. The highest BCUT2D eigenvalue weighted by atomic mass is 16.5. The molecule has 4 fully saturated rings. The molecule has 0 amide bonds. The number of ether oxygens (including phenoxy) is 2. The third kappa shape index (κ3) is 4.37. The lowest BCUT2D eigenvalue weighted by molar-refractivity contribution is -0.144. The normalized spacial score (nSPS) is 29.3. The summed E-state index contributed by atoms with van der Waals surface area (Å²) in [6.07, 6.45) is 8.48. The Morgan fingerprint density at radius 2 is 1.22 bits per heavy atom. The number of hydrogen-bond acceptors (Lipinski definition) is 3. The van der Waals surface area contributed by atoms with Gasteiger partial charge in [0.15, 0.2) is 0 Å². The van der Waals surface area contributed by atoms with E-state index in [0.717, 1.165) is 30.4 Å². The Bertz CT molecular complexity index is 1050. The highest BCUT2D eigenvalue weighted by Gasteiger charge is 2.58. The van der Waals surface area contributed by atoms with E-state index in [1.807, 2.05) is 32.9 Å². The van der Waals surface area contributed by atoms with E-state index in [9.17, 15) is 4.79 Å². The number of rotatable bonds is 8. The second-order valence-corrected chi connectivity index (χ2v) is 13.1. The lowest BCUT2D eigenvalue weighted by atomic mass is 9.42. The monoisotopic (exact) mass is 488 g/mol. The van der Waals surface area contributed by atoms with Crippen LogP contribution in [0.4, 0.5) is 0 Å². The van der Waals surface area contributed by atoms with Crippen molar-refractivity contribution in [1.82, 2.24) is 0 Å². The van der Waals surface area contributed by atoms with Crippen LogP contribution >= 0.6 is 0 Å². The van der Waals surface area contributed by atoms with Gasteiger partial charge in [0.25, 0.3) is 0 Å². The molecule has 3 nitrogen and oxygen atoms in total. The van der Waals surface area contributed by atoms with Crippen LogP contribution in [0.15, 0.2) is 48.5 Å². The van der Waals surface area contributed by atoms with E-state index in [1.54, 1.807) is 0 Å². The first-order valence-electron chi connectivity index (χ1n) is 14.2. The molecule has 4 aliphatic rings. The van der Waals surface area contributed by atoms with Gasteiger partial charge in [-0.2, -0.15) is 0 Å². The highest BCUT2D eigenvalue weighted by molar-refractivity contribution is 5.78. The van der Waals surface area contributed by atoms with Gasteiger partial charge >= 0.3 is 5.97 Å². The Kier molecular flexibility index (Phi) is 6.50. The molecular weight excluding hydrogens is 444 g/mol. The summed E-state index contributed by atoms with van der Waals surface area (Å²) in [5.41, 5.74) is 2.19. The smallest absolute Gasteiger partial charge is 0.316 e. The van der Waals surface area contributed by atoms with Crippen LogP contribution in [0.1, 0.15) is 97.6 Å². The van der Waals surface area contributed by atoms with Crippen molar-refractivity contribution in [3.63, 3.8) is 0 Å². The van der Waals surface area contributed by atoms with Gasteiger partial charge in [0, 0.05) is 5.41 Å². The van der Waals surface area contributed by atoms with Crippen molar-refractivity contribution in [3.8, 4) is 11.5 Å². The molecule has 0 aliphatic heterocycles. The average Bonchev–Trinajstić information content (AvgIpc) is 2.85. The van der Waals surface area contributed by atoms with Gasteiger partial charge in [0.2, 0.25) is 0 Å². The van der Waals surface area contributed by atoms with Gasteiger partial charge in [-0.1, -0.05) is 38.1 Å². The topological polar surface area (TPSA) is 35.5 Å². The fraction of sp³-hybridized carbons (Fsp3) is 0.606. The van der Waals surface area contributed by atoms with Gasteiger partial charge in [-0.05, 0) is 132 Å². The summed E-state index contributed by atoms with van der Waals surface area (Å²) < 4.78 is 12.1.